The highest BCUT2D eigenvalue weighted by molar-refractivity contribution is 5.88. The third kappa shape index (κ3) is 3.63. The van der Waals surface area contributed by atoms with Gasteiger partial charge in [-0.1, -0.05) is 0 Å². The van der Waals surface area contributed by atoms with Gasteiger partial charge in [-0.25, -0.2) is 9.61 Å². The van der Waals surface area contributed by atoms with Gasteiger partial charge in [0.25, 0.3) is 0 Å². The second kappa shape index (κ2) is 7.58. The summed E-state index contributed by atoms with van der Waals surface area (Å²) in [4.78, 5) is 9.12. The summed E-state index contributed by atoms with van der Waals surface area (Å²) in [5.41, 5.74) is 6.66. The number of rotatable bonds is 6. The van der Waals surface area contributed by atoms with E-state index in [2.05, 4.69) is 25.6 Å². The monoisotopic (exact) mass is 403 g/mol. The minimum Gasteiger partial charge on any atom is -0.487 e. The molecule has 4 heterocycles. The molecule has 11 heteroatoms. The Hall–Kier alpha value is -2.76. The highest BCUT2D eigenvalue weighted by atomic mass is 16.6. The molecule has 29 heavy (non-hydrogen) atoms. The number of ether oxygens (including phenoxy) is 2. The fourth-order valence-electron chi connectivity index (χ4n) is 3.42. The van der Waals surface area contributed by atoms with E-state index in [1.165, 1.54) is 0 Å². The summed E-state index contributed by atoms with van der Waals surface area (Å²) in [5, 5.41) is 21.4. The summed E-state index contributed by atoms with van der Waals surface area (Å²) in [7, 11) is 0. The standard InChI is InChI=1S/C18H25N7O4/c1-4-25-14-11(28-9-10-7-20-5-6-27-10)8-21-15(18(2,3)26)12(14)22-17(25)13-16(19)24-29-23-13/h8,10,20,26H,4-7,9H2,1-3H3,(H2,19,24)/t10-/m1/s1. The smallest absolute Gasteiger partial charge is 0.199 e. The molecule has 4 rings (SSSR count). The van der Waals surface area contributed by atoms with Crippen molar-refractivity contribution < 1.29 is 19.2 Å². The molecule has 0 bridgehead atoms. The first kappa shape index (κ1) is 19.6. The Balaban J connectivity index is 1.83. The number of hydrogen-bond acceptors (Lipinski definition) is 10. The molecule has 1 fully saturated rings. The lowest BCUT2D eigenvalue weighted by molar-refractivity contribution is 0.000333. The average molecular weight is 403 g/mol. The molecule has 0 spiro atoms. The first-order chi connectivity index (χ1) is 13.9. The molecular weight excluding hydrogens is 378 g/mol. The second-order valence-corrected chi connectivity index (χ2v) is 7.41. The van der Waals surface area contributed by atoms with E-state index in [9.17, 15) is 5.11 Å². The van der Waals surface area contributed by atoms with Crippen LogP contribution in [0, 0.1) is 0 Å². The predicted octanol–water partition coefficient (Wildman–Crippen LogP) is 0.678. The zero-order valence-electron chi connectivity index (χ0n) is 16.7. The Morgan fingerprint density at radius 1 is 1.41 bits per heavy atom. The molecule has 0 aliphatic carbocycles. The number of nitrogens with zero attached hydrogens (tertiary/aromatic N) is 5. The number of anilines is 1. The van der Waals surface area contributed by atoms with Crippen LogP contribution < -0.4 is 15.8 Å². The Bertz CT molecular complexity index is 1000. The van der Waals surface area contributed by atoms with Crippen LogP contribution >= 0.6 is 0 Å². The highest BCUT2D eigenvalue weighted by Crippen LogP contribution is 2.36. The Morgan fingerprint density at radius 2 is 2.24 bits per heavy atom. The minimum absolute atomic E-state index is 0.0550. The number of hydrogen-bond donors (Lipinski definition) is 3. The van der Waals surface area contributed by atoms with Gasteiger partial charge >= 0.3 is 0 Å². The van der Waals surface area contributed by atoms with Crippen LogP contribution in [0.25, 0.3) is 22.6 Å². The molecule has 11 nitrogen and oxygen atoms in total. The van der Waals surface area contributed by atoms with Crippen LogP contribution in [0.3, 0.4) is 0 Å². The SMILES string of the molecule is CCn1c(-c2nonc2N)nc2c(C(C)(C)O)ncc(OC[C@H]3CNCCO3)c21. The van der Waals surface area contributed by atoms with Gasteiger partial charge in [0.2, 0.25) is 0 Å². The molecule has 1 atom stereocenters. The van der Waals surface area contributed by atoms with E-state index in [1.54, 1.807) is 20.0 Å². The molecule has 3 aromatic heterocycles. The number of morpholine rings is 1. The number of pyridine rings is 1. The van der Waals surface area contributed by atoms with Crippen molar-refractivity contribution in [2.24, 2.45) is 0 Å². The molecule has 0 saturated carbocycles. The van der Waals surface area contributed by atoms with Crippen LogP contribution in [-0.4, -0.2) is 62.4 Å². The lowest BCUT2D eigenvalue weighted by atomic mass is 10.0. The maximum atomic E-state index is 10.6. The van der Waals surface area contributed by atoms with Gasteiger partial charge in [0.05, 0.1) is 18.5 Å². The highest BCUT2D eigenvalue weighted by Gasteiger charge is 2.29. The lowest BCUT2D eigenvalue weighted by Crippen LogP contribution is -2.41. The van der Waals surface area contributed by atoms with E-state index < -0.39 is 5.60 Å². The van der Waals surface area contributed by atoms with E-state index in [4.69, 9.17) is 19.8 Å². The molecule has 3 aromatic rings. The van der Waals surface area contributed by atoms with Crippen LogP contribution in [0.15, 0.2) is 10.8 Å². The molecule has 156 valence electrons. The van der Waals surface area contributed by atoms with Crippen LogP contribution in [0.2, 0.25) is 0 Å². The summed E-state index contributed by atoms with van der Waals surface area (Å²) in [6.45, 7) is 8.42. The molecular formula is C18H25N7O4. The molecule has 1 aliphatic heterocycles. The van der Waals surface area contributed by atoms with Crippen molar-refractivity contribution in [1.29, 1.82) is 0 Å². The van der Waals surface area contributed by atoms with Crippen molar-refractivity contribution in [3.05, 3.63) is 11.9 Å². The van der Waals surface area contributed by atoms with Crippen LogP contribution in [0.1, 0.15) is 26.5 Å². The summed E-state index contributed by atoms with van der Waals surface area (Å²) in [6.07, 6.45) is 1.55. The van der Waals surface area contributed by atoms with E-state index >= 15 is 0 Å². The van der Waals surface area contributed by atoms with Crippen molar-refractivity contribution in [3.63, 3.8) is 0 Å². The summed E-state index contributed by atoms with van der Waals surface area (Å²) < 4.78 is 18.4. The number of nitrogen functional groups attached to an aromatic ring is 1. The largest absolute Gasteiger partial charge is 0.487 e. The molecule has 0 amide bonds. The topological polar surface area (TPSA) is 146 Å². The van der Waals surface area contributed by atoms with Crippen molar-refractivity contribution >= 4 is 16.9 Å². The molecule has 0 radical (unpaired) electrons. The summed E-state index contributed by atoms with van der Waals surface area (Å²) >= 11 is 0. The Labute approximate surface area is 167 Å². The van der Waals surface area contributed by atoms with Crippen molar-refractivity contribution in [2.45, 2.75) is 39.0 Å². The number of aryl methyl sites for hydroxylation is 1. The third-order valence-corrected chi connectivity index (χ3v) is 4.79. The van der Waals surface area contributed by atoms with Crippen molar-refractivity contribution in [3.8, 4) is 17.3 Å². The number of nitrogens with two attached hydrogens (primary N) is 1. The predicted molar refractivity (Wildman–Crippen MR) is 104 cm³/mol. The van der Waals surface area contributed by atoms with Gasteiger partial charge in [0.1, 0.15) is 29.3 Å². The quantitative estimate of drug-likeness (QED) is 0.537. The van der Waals surface area contributed by atoms with E-state index in [-0.39, 0.29) is 11.9 Å². The zero-order chi connectivity index (χ0) is 20.6. The zero-order valence-corrected chi connectivity index (χ0v) is 16.7. The summed E-state index contributed by atoms with van der Waals surface area (Å²) in [5.74, 6) is 1.15. The van der Waals surface area contributed by atoms with Crippen LogP contribution in [0.4, 0.5) is 5.82 Å². The number of nitrogens with one attached hydrogen (secondary N) is 1. The average Bonchev–Trinajstić information content (AvgIpc) is 3.29. The van der Waals surface area contributed by atoms with Gasteiger partial charge in [-0.15, -0.1) is 0 Å². The minimum atomic E-state index is -1.20. The Kier molecular flexibility index (Phi) is 5.11. The second-order valence-electron chi connectivity index (χ2n) is 7.41. The normalized spacial score (nSPS) is 17.7. The third-order valence-electron chi connectivity index (χ3n) is 4.79. The fraction of sp³-hybridized carbons (Fsp3) is 0.556. The van der Waals surface area contributed by atoms with Gasteiger partial charge in [-0.3, -0.25) is 4.98 Å². The van der Waals surface area contributed by atoms with Gasteiger partial charge in [-0.05, 0) is 31.1 Å². The van der Waals surface area contributed by atoms with Crippen LogP contribution in [0.5, 0.6) is 5.75 Å². The van der Waals surface area contributed by atoms with E-state index in [0.29, 0.717) is 53.8 Å². The van der Waals surface area contributed by atoms with Crippen molar-refractivity contribution in [2.75, 3.05) is 32.0 Å². The maximum Gasteiger partial charge on any atom is 0.199 e. The number of imidazole rings is 1. The molecule has 1 saturated heterocycles. The molecule has 4 N–H and O–H groups in total. The Morgan fingerprint density at radius 3 is 2.86 bits per heavy atom. The van der Waals surface area contributed by atoms with Crippen molar-refractivity contribution in [1.82, 2.24) is 30.2 Å². The van der Waals surface area contributed by atoms with Gasteiger partial charge in [0, 0.05) is 19.6 Å². The van der Waals surface area contributed by atoms with E-state index in [0.717, 1.165) is 13.1 Å². The van der Waals surface area contributed by atoms with Gasteiger partial charge < -0.3 is 30.2 Å². The van der Waals surface area contributed by atoms with Crippen LogP contribution in [-0.2, 0) is 16.9 Å². The number of aliphatic hydroxyl groups is 1. The van der Waals surface area contributed by atoms with E-state index in [1.807, 2.05) is 11.5 Å². The lowest BCUT2D eigenvalue weighted by Gasteiger charge is -2.24. The first-order valence-corrected chi connectivity index (χ1v) is 9.55. The van der Waals surface area contributed by atoms with Gasteiger partial charge in [0.15, 0.2) is 23.1 Å². The number of fused-ring (bicyclic) bond motifs is 1. The van der Waals surface area contributed by atoms with Gasteiger partial charge in [-0.2, -0.15) is 0 Å². The first-order valence-electron chi connectivity index (χ1n) is 9.55. The number of aromatic nitrogens is 5. The molecule has 1 aliphatic rings. The fourth-order valence-corrected chi connectivity index (χ4v) is 3.42. The molecule has 0 aromatic carbocycles. The summed E-state index contributed by atoms with van der Waals surface area (Å²) in [6, 6.07) is 0. The molecule has 0 unspecified atom stereocenters. The maximum absolute atomic E-state index is 10.6.